The molecule has 1 aromatic carbocycles. The molecule has 1 N–H and O–H groups in total. The summed E-state index contributed by atoms with van der Waals surface area (Å²) < 4.78 is 2.14. The van der Waals surface area contributed by atoms with E-state index < -0.39 is 0 Å². The third-order valence-corrected chi connectivity index (χ3v) is 3.97. The van der Waals surface area contributed by atoms with E-state index in [9.17, 15) is 0 Å². The van der Waals surface area contributed by atoms with Gasteiger partial charge in [-0.15, -0.1) is 0 Å². The maximum absolute atomic E-state index is 4.71. The average Bonchev–Trinajstić information content (AvgIpc) is 2.73. The van der Waals surface area contributed by atoms with Crippen molar-refractivity contribution in [2.75, 3.05) is 6.54 Å². The summed E-state index contributed by atoms with van der Waals surface area (Å²) in [6, 6.07) is 6.74. The lowest BCUT2D eigenvalue weighted by Crippen LogP contribution is -2.11. The molecule has 0 bridgehead atoms. The van der Waals surface area contributed by atoms with Crippen molar-refractivity contribution in [1.82, 2.24) is 15.1 Å². The quantitative estimate of drug-likeness (QED) is 0.869. The fourth-order valence-electron chi connectivity index (χ4n) is 2.83. The van der Waals surface area contributed by atoms with Crippen molar-refractivity contribution in [3.05, 3.63) is 40.7 Å². The van der Waals surface area contributed by atoms with Crippen molar-refractivity contribution >= 4 is 0 Å². The van der Waals surface area contributed by atoms with E-state index in [0.717, 1.165) is 31.7 Å². The molecule has 0 unspecified atom stereocenters. The maximum Gasteiger partial charge on any atom is 0.0675 e. The summed E-state index contributed by atoms with van der Waals surface area (Å²) in [5, 5.41) is 8.11. The van der Waals surface area contributed by atoms with E-state index in [1.54, 1.807) is 0 Å². The van der Waals surface area contributed by atoms with Gasteiger partial charge < -0.3 is 5.32 Å². The smallest absolute Gasteiger partial charge is 0.0675 e. The van der Waals surface area contributed by atoms with E-state index in [2.05, 4.69) is 62.8 Å². The van der Waals surface area contributed by atoms with Gasteiger partial charge in [0.05, 0.1) is 5.69 Å². The van der Waals surface area contributed by atoms with Crippen LogP contribution in [0.1, 0.15) is 42.8 Å². The van der Waals surface area contributed by atoms with E-state index in [-0.39, 0.29) is 0 Å². The molecule has 0 spiro atoms. The van der Waals surface area contributed by atoms with Crippen LogP contribution in [0.2, 0.25) is 0 Å². The Morgan fingerprint density at radius 3 is 2.57 bits per heavy atom. The molecule has 0 aliphatic carbocycles. The first-order valence-corrected chi connectivity index (χ1v) is 7.93. The molecular formula is C18H27N3. The number of aryl methyl sites for hydroxylation is 3. The number of hydrogen-bond donors (Lipinski definition) is 1. The highest BCUT2D eigenvalue weighted by atomic mass is 15.3. The zero-order valence-electron chi connectivity index (χ0n) is 14.0. The van der Waals surface area contributed by atoms with Crippen LogP contribution in [-0.2, 0) is 13.1 Å². The van der Waals surface area contributed by atoms with E-state index in [0.29, 0.717) is 0 Å². The summed E-state index contributed by atoms with van der Waals surface area (Å²) in [6.45, 7) is 13.7. The third-order valence-electron chi connectivity index (χ3n) is 3.97. The molecule has 114 valence electrons. The first-order valence-electron chi connectivity index (χ1n) is 7.93. The third kappa shape index (κ3) is 3.35. The zero-order valence-corrected chi connectivity index (χ0v) is 14.0. The zero-order chi connectivity index (χ0) is 15.4. The first kappa shape index (κ1) is 15.8. The van der Waals surface area contributed by atoms with E-state index in [4.69, 9.17) is 5.10 Å². The fraction of sp³-hybridized carbons (Fsp3) is 0.500. The van der Waals surface area contributed by atoms with Crippen molar-refractivity contribution in [1.29, 1.82) is 0 Å². The van der Waals surface area contributed by atoms with Gasteiger partial charge in [-0.3, -0.25) is 4.68 Å². The topological polar surface area (TPSA) is 29.9 Å². The van der Waals surface area contributed by atoms with Gasteiger partial charge in [0.15, 0.2) is 0 Å². The largest absolute Gasteiger partial charge is 0.313 e. The van der Waals surface area contributed by atoms with Gasteiger partial charge in [-0.2, -0.15) is 5.10 Å². The second kappa shape index (κ2) is 6.90. The number of nitrogens with one attached hydrogen (secondary N) is 1. The summed E-state index contributed by atoms with van der Waals surface area (Å²) in [7, 11) is 0. The summed E-state index contributed by atoms with van der Waals surface area (Å²) in [6.07, 6.45) is 1.11. The molecule has 3 heteroatoms. The number of benzene rings is 1. The molecule has 0 saturated carbocycles. The van der Waals surface area contributed by atoms with Crippen molar-refractivity contribution < 1.29 is 0 Å². The lowest BCUT2D eigenvalue weighted by atomic mass is 9.96. The van der Waals surface area contributed by atoms with Crippen molar-refractivity contribution in [2.24, 2.45) is 0 Å². The SMILES string of the molecule is CCCn1nc(C)c(-c2cc(CNCC)ccc2C)c1C. The standard InChI is InChI=1S/C18H27N3/c1-6-10-21-15(5)18(14(4)20-21)17-11-16(12-19-7-2)9-8-13(17)3/h8-9,11,19H,6-7,10,12H2,1-5H3. The molecule has 3 nitrogen and oxygen atoms in total. The van der Waals surface area contributed by atoms with Gasteiger partial charge in [0.25, 0.3) is 0 Å². The van der Waals surface area contributed by atoms with Gasteiger partial charge in [0.2, 0.25) is 0 Å². The Labute approximate surface area is 128 Å². The molecule has 21 heavy (non-hydrogen) atoms. The molecule has 0 atom stereocenters. The molecule has 0 fully saturated rings. The van der Waals surface area contributed by atoms with Crippen molar-refractivity contribution in [3.8, 4) is 11.1 Å². The van der Waals surface area contributed by atoms with Crippen LogP contribution < -0.4 is 5.32 Å². The molecule has 1 heterocycles. The minimum absolute atomic E-state index is 0.922. The van der Waals surface area contributed by atoms with Gasteiger partial charge in [0.1, 0.15) is 0 Å². The highest BCUT2D eigenvalue weighted by molar-refractivity contribution is 5.72. The van der Waals surface area contributed by atoms with Crippen molar-refractivity contribution in [2.45, 2.75) is 54.1 Å². The summed E-state index contributed by atoms with van der Waals surface area (Å²) in [5.41, 5.74) is 7.68. The summed E-state index contributed by atoms with van der Waals surface area (Å²) in [5.74, 6) is 0. The second-order valence-electron chi connectivity index (χ2n) is 5.70. The van der Waals surface area contributed by atoms with E-state index in [1.807, 2.05) is 0 Å². The Bertz CT molecular complexity index is 611. The minimum Gasteiger partial charge on any atom is -0.313 e. The average molecular weight is 285 g/mol. The number of nitrogens with zero attached hydrogens (tertiary/aromatic N) is 2. The Balaban J connectivity index is 2.45. The highest BCUT2D eigenvalue weighted by Gasteiger charge is 2.15. The Kier molecular flexibility index (Phi) is 5.18. The van der Waals surface area contributed by atoms with Crippen LogP contribution in [0.5, 0.6) is 0 Å². The van der Waals surface area contributed by atoms with Crippen LogP contribution in [0.3, 0.4) is 0 Å². The van der Waals surface area contributed by atoms with Crippen LogP contribution in [0, 0.1) is 20.8 Å². The molecule has 0 saturated heterocycles. The van der Waals surface area contributed by atoms with Crippen LogP contribution in [0.4, 0.5) is 0 Å². The Hall–Kier alpha value is -1.61. The van der Waals surface area contributed by atoms with Crippen LogP contribution in [-0.4, -0.2) is 16.3 Å². The predicted octanol–water partition coefficient (Wildman–Crippen LogP) is 3.99. The molecular weight excluding hydrogens is 258 g/mol. The number of hydrogen-bond acceptors (Lipinski definition) is 2. The summed E-state index contributed by atoms with van der Waals surface area (Å²) in [4.78, 5) is 0. The predicted molar refractivity (Wildman–Crippen MR) is 89.5 cm³/mol. The maximum atomic E-state index is 4.71. The molecule has 2 aromatic rings. The van der Waals surface area contributed by atoms with Crippen molar-refractivity contribution in [3.63, 3.8) is 0 Å². The molecule has 2 rings (SSSR count). The lowest BCUT2D eigenvalue weighted by molar-refractivity contribution is 0.583. The molecule has 0 radical (unpaired) electrons. The van der Waals surface area contributed by atoms with Crippen LogP contribution in [0.25, 0.3) is 11.1 Å². The molecule has 1 aromatic heterocycles. The van der Waals surface area contributed by atoms with Gasteiger partial charge in [0, 0.05) is 24.3 Å². The molecule has 0 amide bonds. The number of aromatic nitrogens is 2. The van der Waals surface area contributed by atoms with Gasteiger partial charge in [-0.05, 0) is 56.5 Å². The van der Waals surface area contributed by atoms with E-state index >= 15 is 0 Å². The second-order valence-corrected chi connectivity index (χ2v) is 5.70. The monoisotopic (exact) mass is 285 g/mol. The Morgan fingerprint density at radius 1 is 1.14 bits per heavy atom. The summed E-state index contributed by atoms with van der Waals surface area (Å²) >= 11 is 0. The molecule has 0 aliphatic rings. The van der Waals surface area contributed by atoms with Crippen LogP contribution >= 0.6 is 0 Å². The van der Waals surface area contributed by atoms with Gasteiger partial charge in [-0.25, -0.2) is 0 Å². The lowest BCUT2D eigenvalue weighted by Gasteiger charge is -2.11. The minimum atomic E-state index is 0.922. The molecule has 0 aliphatic heterocycles. The van der Waals surface area contributed by atoms with Gasteiger partial charge in [-0.1, -0.05) is 26.0 Å². The first-order chi connectivity index (χ1) is 10.1. The highest BCUT2D eigenvalue weighted by Crippen LogP contribution is 2.30. The van der Waals surface area contributed by atoms with Crippen LogP contribution in [0.15, 0.2) is 18.2 Å². The normalized spacial score (nSPS) is 11.1. The van der Waals surface area contributed by atoms with Gasteiger partial charge >= 0.3 is 0 Å². The Morgan fingerprint density at radius 2 is 1.90 bits per heavy atom. The van der Waals surface area contributed by atoms with E-state index in [1.165, 1.54) is 27.9 Å². The fourth-order valence-corrected chi connectivity index (χ4v) is 2.83. The number of rotatable bonds is 6.